The number of aryl methyl sites for hydroxylation is 1. The van der Waals surface area contributed by atoms with E-state index in [-0.39, 0.29) is 24.4 Å². The van der Waals surface area contributed by atoms with E-state index in [1.807, 2.05) is 64.9 Å². The van der Waals surface area contributed by atoms with Crippen LogP contribution in [0.3, 0.4) is 0 Å². The summed E-state index contributed by atoms with van der Waals surface area (Å²) in [6.45, 7) is 1.95. The Hall–Kier alpha value is -4.33. The maximum absolute atomic E-state index is 14.3. The van der Waals surface area contributed by atoms with Crippen LogP contribution in [-0.4, -0.2) is 37.4 Å². The van der Waals surface area contributed by atoms with Gasteiger partial charge in [-0.2, -0.15) is 0 Å². The Bertz CT molecular complexity index is 1460. The van der Waals surface area contributed by atoms with Gasteiger partial charge in [0.05, 0.1) is 0 Å². The highest BCUT2D eigenvalue weighted by atomic mass is 16.2. The number of amides is 2. The Morgan fingerprint density at radius 1 is 1.00 bits per heavy atom. The summed E-state index contributed by atoms with van der Waals surface area (Å²) in [7, 11) is 0. The van der Waals surface area contributed by atoms with Crippen molar-refractivity contribution in [3.8, 4) is 11.1 Å². The van der Waals surface area contributed by atoms with Crippen LogP contribution in [0.2, 0.25) is 0 Å². The van der Waals surface area contributed by atoms with Crippen LogP contribution in [0.25, 0.3) is 11.1 Å². The Morgan fingerprint density at radius 2 is 1.79 bits per heavy atom. The molecule has 1 unspecified atom stereocenters. The molecule has 2 aliphatic rings. The molecule has 8 nitrogen and oxygen atoms in total. The van der Waals surface area contributed by atoms with Crippen molar-refractivity contribution in [1.29, 1.82) is 0 Å². The van der Waals surface area contributed by atoms with Crippen molar-refractivity contribution in [1.82, 2.24) is 19.5 Å². The van der Waals surface area contributed by atoms with Crippen LogP contribution in [0.4, 0.5) is 11.4 Å². The van der Waals surface area contributed by atoms with Gasteiger partial charge in [-0.25, -0.2) is 15.0 Å². The van der Waals surface area contributed by atoms with Gasteiger partial charge in [0.15, 0.2) is 0 Å². The van der Waals surface area contributed by atoms with E-state index >= 15 is 0 Å². The van der Waals surface area contributed by atoms with Gasteiger partial charge in [0.1, 0.15) is 24.7 Å². The first kappa shape index (κ1) is 24.0. The lowest BCUT2D eigenvalue weighted by atomic mass is 9.94. The predicted molar refractivity (Wildman–Crippen MR) is 145 cm³/mol. The van der Waals surface area contributed by atoms with Crippen LogP contribution in [0.5, 0.6) is 0 Å². The molecule has 2 aromatic carbocycles. The van der Waals surface area contributed by atoms with Gasteiger partial charge in [0, 0.05) is 53.3 Å². The first-order chi connectivity index (χ1) is 18.6. The molecular formula is C30H30N6O2. The fraction of sp³-hybridized carbons (Fsp3) is 0.300. The lowest BCUT2D eigenvalue weighted by Crippen LogP contribution is -2.46. The molecule has 0 radical (unpaired) electrons. The smallest absolute Gasteiger partial charge is 0.255 e. The molecule has 1 saturated carbocycles. The van der Waals surface area contributed by atoms with Gasteiger partial charge in [0.2, 0.25) is 5.91 Å². The number of fused-ring (bicyclic) bond motifs is 1. The molecule has 1 aliphatic heterocycles. The number of rotatable bonds is 6. The summed E-state index contributed by atoms with van der Waals surface area (Å²) in [5.41, 5.74) is 4.16. The first-order valence-electron chi connectivity index (χ1n) is 13.2. The first-order valence-corrected chi connectivity index (χ1v) is 13.2. The molecule has 4 aromatic rings. The number of carbonyl (C=O) groups excluding carboxylic acids is 2. The molecule has 0 bridgehead atoms. The second-order valence-electron chi connectivity index (χ2n) is 10.0. The summed E-state index contributed by atoms with van der Waals surface area (Å²) in [6.07, 6.45) is 13.9. The van der Waals surface area contributed by atoms with Crippen LogP contribution < -0.4 is 9.80 Å². The van der Waals surface area contributed by atoms with E-state index in [4.69, 9.17) is 0 Å². The van der Waals surface area contributed by atoms with Crippen LogP contribution >= 0.6 is 0 Å². The monoisotopic (exact) mass is 506 g/mol. The summed E-state index contributed by atoms with van der Waals surface area (Å²) in [5, 5.41) is 0. The average Bonchev–Trinajstić information content (AvgIpc) is 3.49. The zero-order chi connectivity index (χ0) is 26.1. The van der Waals surface area contributed by atoms with Crippen molar-refractivity contribution in [3.05, 3.63) is 91.0 Å². The Balaban J connectivity index is 1.45. The highest BCUT2D eigenvalue weighted by Crippen LogP contribution is 2.44. The van der Waals surface area contributed by atoms with Gasteiger partial charge in [-0.1, -0.05) is 49.6 Å². The van der Waals surface area contributed by atoms with Crippen LogP contribution in [0.15, 0.2) is 79.6 Å². The Kier molecular flexibility index (Phi) is 6.45. The molecule has 1 fully saturated rings. The lowest BCUT2D eigenvalue weighted by Gasteiger charge is -2.33. The third-order valence-corrected chi connectivity index (χ3v) is 7.68. The van der Waals surface area contributed by atoms with Crippen LogP contribution in [0, 0.1) is 6.92 Å². The number of carbonyl (C=O) groups is 2. The Labute approximate surface area is 222 Å². The average molecular weight is 507 g/mol. The van der Waals surface area contributed by atoms with Gasteiger partial charge in [-0.3, -0.25) is 14.5 Å². The summed E-state index contributed by atoms with van der Waals surface area (Å²) >= 11 is 0. The highest BCUT2D eigenvalue weighted by molar-refractivity contribution is 6.11. The minimum Gasteiger partial charge on any atom is -0.326 e. The number of imidazole rings is 1. The predicted octanol–water partition coefficient (Wildman–Crippen LogP) is 5.10. The summed E-state index contributed by atoms with van der Waals surface area (Å²) in [6, 6.07) is 15.0. The van der Waals surface area contributed by atoms with Gasteiger partial charge < -0.3 is 9.47 Å². The maximum Gasteiger partial charge on any atom is 0.255 e. The summed E-state index contributed by atoms with van der Waals surface area (Å²) < 4.78 is 1.81. The van der Waals surface area contributed by atoms with E-state index in [2.05, 4.69) is 15.0 Å². The molecule has 6 rings (SSSR count). The van der Waals surface area contributed by atoms with E-state index in [0.29, 0.717) is 5.69 Å². The van der Waals surface area contributed by atoms with E-state index in [9.17, 15) is 9.59 Å². The zero-order valence-electron chi connectivity index (χ0n) is 21.4. The SMILES string of the molecule is Cc1nccn1CC(=O)N(c1cccc(-c2cncnc2)c1)C1C(=O)N(C2CCCCC2)c2ccccc21. The van der Waals surface area contributed by atoms with Crippen molar-refractivity contribution in [2.75, 3.05) is 9.80 Å². The number of aromatic nitrogens is 4. The largest absolute Gasteiger partial charge is 0.326 e. The lowest BCUT2D eigenvalue weighted by molar-refractivity contribution is -0.125. The van der Waals surface area contributed by atoms with E-state index < -0.39 is 6.04 Å². The fourth-order valence-corrected chi connectivity index (χ4v) is 5.80. The topological polar surface area (TPSA) is 84.2 Å². The van der Waals surface area contributed by atoms with Gasteiger partial charge in [-0.15, -0.1) is 0 Å². The number of para-hydroxylation sites is 1. The van der Waals surface area contributed by atoms with Crippen molar-refractivity contribution in [2.24, 2.45) is 0 Å². The summed E-state index contributed by atoms with van der Waals surface area (Å²) in [4.78, 5) is 44.6. The van der Waals surface area contributed by atoms with Crippen molar-refractivity contribution >= 4 is 23.2 Å². The molecule has 1 aliphatic carbocycles. The second-order valence-corrected chi connectivity index (χ2v) is 10.0. The van der Waals surface area contributed by atoms with Gasteiger partial charge in [0.25, 0.3) is 5.91 Å². The standard InChI is InChI=1S/C30H30N6O2/c1-21-33-14-15-34(21)19-28(37)36(25-11-7-8-22(16-25)23-17-31-20-32-18-23)29-26-12-5-6-13-27(26)35(30(29)38)24-9-3-2-4-10-24/h5-8,11-18,20,24,29H,2-4,9-10,19H2,1H3. The maximum atomic E-state index is 14.3. The minimum absolute atomic E-state index is 0.0396. The number of hydrogen-bond donors (Lipinski definition) is 0. The fourth-order valence-electron chi connectivity index (χ4n) is 5.80. The molecule has 2 amide bonds. The number of benzene rings is 2. The molecule has 0 N–H and O–H groups in total. The third kappa shape index (κ3) is 4.36. The molecule has 8 heteroatoms. The molecule has 3 heterocycles. The third-order valence-electron chi connectivity index (χ3n) is 7.68. The molecule has 1 atom stereocenters. The Morgan fingerprint density at radius 3 is 2.55 bits per heavy atom. The van der Waals surface area contributed by atoms with Gasteiger partial charge >= 0.3 is 0 Å². The molecule has 0 spiro atoms. The molecule has 38 heavy (non-hydrogen) atoms. The number of hydrogen-bond acceptors (Lipinski definition) is 5. The number of anilines is 2. The zero-order valence-corrected chi connectivity index (χ0v) is 21.4. The van der Waals surface area contributed by atoms with Gasteiger partial charge in [-0.05, 0) is 43.5 Å². The van der Waals surface area contributed by atoms with Crippen LogP contribution in [0.1, 0.15) is 49.5 Å². The molecule has 192 valence electrons. The molecule has 2 aromatic heterocycles. The van der Waals surface area contributed by atoms with E-state index in [1.165, 1.54) is 12.7 Å². The summed E-state index contributed by atoms with van der Waals surface area (Å²) in [5.74, 6) is 0.531. The van der Waals surface area contributed by atoms with Crippen molar-refractivity contribution < 1.29 is 9.59 Å². The van der Waals surface area contributed by atoms with E-state index in [0.717, 1.165) is 53.9 Å². The van der Waals surface area contributed by atoms with Crippen molar-refractivity contribution in [3.63, 3.8) is 0 Å². The highest BCUT2D eigenvalue weighted by Gasteiger charge is 2.45. The molecule has 0 saturated heterocycles. The minimum atomic E-state index is -0.744. The van der Waals surface area contributed by atoms with Crippen LogP contribution in [-0.2, 0) is 16.1 Å². The van der Waals surface area contributed by atoms with Crippen molar-refractivity contribution in [2.45, 2.75) is 57.7 Å². The van der Waals surface area contributed by atoms with E-state index in [1.54, 1.807) is 29.7 Å². The normalized spacial score (nSPS) is 17.4. The number of nitrogens with zero attached hydrogens (tertiary/aromatic N) is 6. The quantitative estimate of drug-likeness (QED) is 0.363. The molecular weight excluding hydrogens is 476 g/mol. The second kappa shape index (κ2) is 10.2.